The lowest BCUT2D eigenvalue weighted by molar-refractivity contribution is -0.274. The van der Waals surface area contributed by atoms with Crippen LogP contribution in [0.2, 0.25) is 0 Å². The molecule has 41 heavy (non-hydrogen) atoms. The molecule has 1 amide bonds. The lowest BCUT2D eigenvalue weighted by Gasteiger charge is -2.17. The van der Waals surface area contributed by atoms with Gasteiger partial charge < -0.3 is 19.4 Å². The molecule has 0 fully saturated rings. The smallest absolute Gasteiger partial charge is 0.465 e. The number of hydrogen-bond acceptors (Lipinski definition) is 6. The van der Waals surface area contributed by atoms with E-state index in [9.17, 15) is 31.2 Å². The Morgan fingerprint density at radius 3 is 2.32 bits per heavy atom. The van der Waals surface area contributed by atoms with Gasteiger partial charge in [0.2, 0.25) is 5.91 Å². The number of sulfone groups is 1. The number of alkyl halides is 3. The molecule has 1 heterocycles. The summed E-state index contributed by atoms with van der Waals surface area (Å²) in [6.07, 6.45) is -1.98. The molecule has 0 saturated carbocycles. The molecule has 214 valence electrons. The average Bonchev–Trinajstić information content (AvgIpc) is 3.43. The number of esters is 1. The molecule has 8 nitrogen and oxygen atoms in total. The largest absolute Gasteiger partial charge is 0.573 e. The number of carbonyl (C=O) groups excluding carboxylic acids is 2. The minimum atomic E-state index is -4.92. The summed E-state index contributed by atoms with van der Waals surface area (Å²) in [7, 11) is -2.15. The van der Waals surface area contributed by atoms with Gasteiger partial charge in [-0.15, -0.1) is 13.2 Å². The number of rotatable bonds is 9. The fourth-order valence-electron chi connectivity index (χ4n) is 4.11. The van der Waals surface area contributed by atoms with Crippen LogP contribution in [0.3, 0.4) is 0 Å². The summed E-state index contributed by atoms with van der Waals surface area (Å²) < 4.78 is 73.9. The third-order valence-corrected chi connectivity index (χ3v) is 7.85. The average molecular weight is 587 g/mol. The second kappa shape index (κ2) is 11.9. The van der Waals surface area contributed by atoms with E-state index >= 15 is 0 Å². The second-order valence-electron chi connectivity index (χ2n) is 8.85. The van der Waals surface area contributed by atoms with Crippen molar-refractivity contribution < 1.29 is 40.7 Å². The number of methoxy groups -OCH3 is 1. The Balaban J connectivity index is 1.68. The van der Waals surface area contributed by atoms with Crippen molar-refractivity contribution in [2.24, 2.45) is 0 Å². The van der Waals surface area contributed by atoms with E-state index in [1.54, 1.807) is 31.2 Å². The predicted molar refractivity (Wildman–Crippen MR) is 146 cm³/mol. The summed E-state index contributed by atoms with van der Waals surface area (Å²) in [5, 5.41) is 2.76. The van der Waals surface area contributed by atoms with Crippen LogP contribution in [0.5, 0.6) is 5.75 Å². The molecule has 0 aliphatic carbocycles. The van der Waals surface area contributed by atoms with E-state index in [-0.39, 0.29) is 28.2 Å². The van der Waals surface area contributed by atoms with Crippen LogP contribution < -0.4 is 10.1 Å². The highest BCUT2D eigenvalue weighted by Gasteiger charge is 2.32. The van der Waals surface area contributed by atoms with Crippen molar-refractivity contribution in [3.63, 3.8) is 0 Å². The van der Waals surface area contributed by atoms with E-state index < -0.39 is 33.8 Å². The summed E-state index contributed by atoms with van der Waals surface area (Å²) in [4.78, 5) is 25.0. The summed E-state index contributed by atoms with van der Waals surface area (Å²) in [6.45, 7) is 1.54. The number of carbonyl (C=O) groups is 2. The Hall–Kier alpha value is -4.58. The van der Waals surface area contributed by atoms with Gasteiger partial charge in [0.25, 0.3) is 0 Å². The van der Waals surface area contributed by atoms with Crippen molar-refractivity contribution in [2.45, 2.75) is 24.6 Å². The summed E-state index contributed by atoms with van der Waals surface area (Å²) >= 11 is 0. The van der Waals surface area contributed by atoms with Crippen molar-refractivity contribution in [3.8, 4) is 22.6 Å². The molecular formula is C29H25F3N2O6S. The zero-order chi connectivity index (χ0) is 29.8. The predicted octanol–water partition coefficient (Wildman–Crippen LogP) is 5.80. The molecule has 0 radical (unpaired) electrons. The second-order valence-corrected chi connectivity index (χ2v) is 11.1. The molecule has 0 aliphatic rings. The summed E-state index contributed by atoms with van der Waals surface area (Å²) in [6, 6.07) is 17.7. The van der Waals surface area contributed by atoms with Crippen LogP contribution in [0.15, 0.2) is 90.1 Å². The number of para-hydroxylation sites is 1. The lowest BCUT2D eigenvalue weighted by Crippen LogP contribution is -2.17. The maximum absolute atomic E-state index is 13.1. The molecule has 0 spiro atoms. The van der Waals surface area contributed by atoms with Gasteiger partial charge in [-0.1, -0.05) is 43.3 Å². The van der Waals surface area contributed by atoms with E-state index in [4.69, 9.17) is 4.74 Å². The number of amides is 1. The minimum absolute atomic E-state index is 0.0412. The van der Waals surface area contributed by atoms with Gasteiger partial charge in [0.05, 0.1) is 35.4 Å². The van der Waals surface area contributed by atoms with Crippen LogP contribution in [-0.4, -0.2) is 44.1 Å². The Kier molecular flexibility index (Phi) is 8.52. The van der Waals surface area contributed by atoms with E-state index in [1.807, 2.05) is 0 Å². The number of aromatic nitrogens is 1. The molecule has 4 rings (SSSR count). The van der Waals surface area contributed by atoms with Crippen LogP contribution in [0.1, 0.15) is 22.8 Å². The number of hydrogen-bond donors (Lipinski definition) is 1. The topological polar surface area (TPSA) is 104 Å². The standard InChI is InChI=1S/C29H25F3N2O6S/c1-3-41(37,38)22-11-8-19(9-12-22)16-27(35)33-21-10-13-23(24-6-4-5-7-26(24)40-29(30,31)32)25(17-21)34-15-14-20(18-34)28(36)39-2/h4-15,17-18H,3,16H2,1-2H3,(H,33,35). The first-order chi connectivity index (χ1) is 19.4. The minimum Gasteiger partial charge on any atom is -0.465 e. The first kappa shape index (κ1) is 29.4. The number of anilines is 1. The van der Waals surface area contributed by atoms with Crippen molar-refractivity contribution in [3.05, 3.63) is 96.3 Å². The zero-order valence-electron chi connectivity index (χ0n) is 21.9. The molecular weight excluding hydrogens is 561 g/mol. The highest BCUT2D eigenvalue weighted by Crippen LogP contribution is 2.38. The zero-order valence-corrected chi connectivity index (χ0v) is 22.8. The van der Waals surface area contributed by atoms with Gasteiger partial charge in [0.1, 0.15) is 5.75 Å². The van der Waals surface area contributed by atoms with E-state index in [0.29, 0.717) is 22.5 Å². The molecule has 0 unspecified atom stereocenters. The molecule has 0 bridgehead atoms. The Labute approximate surface area is 234 Å². The van der Waals surface area contributed by atoms with Gasteiger partial charge in [-0.2, -0.15) is 0 Å². The molecule has 3 aromatic carbocycles. The molecule has 1 N–H and O–H groups in total. The van der Waals surface area contributed by atoms with E-state index in [0.717, 1.165) is 0 Å². The maximum Gasteiger partial charge on any atom is 0.573 e. The van der Waals surface area contributed by atoms with Gasteiger partial charge >= 0.3 is 12.3 Å². The lowest BCUT2D eigenvalue weighted by atomic mass is 10.0. The Morgan fingerprint density at radius 1 is 0.951 bits per heavy atom. The fraction of sp³-hybridized carbons (Fsp3) is 0.172. The molecule has 4 aromatic rings. The van der Waals surface area contributed by atoms with Crippen LogP contribution >= 0.6 is 0 Å². The van der Waals surface area contributed by atoms with Gasteiger partial charge in [-0.05, 0) is 42.0 Å². The van der Waals surface area contributed by atoms with Crippen molar-refractivity contribution >= 4 is 27.4 Å². The number of ether oxygens (including phenoxy) is 2. The van der Waals surface area contributed by atoms with E-state index in [1.165, 1.54) is 72.6 Å². The first-order valence-electron chi connectivity index (χ1n) is 12.3. The van der Waals surface area contributed by atoms with Crippen LogP contribution in [0, 0.1) is 0 Å². The number of nitrogens with zero attached hydrogens (tertiary/aromatic N) is 1. The van der Waals surface area contributed by atoms with Crippen molar-refractivity contribution in [2.75, 3.05) is 18.2 Å². The van der Waals surface area contributed by atoms with Crippen molar-refractivity contribution in [1.29, 1.82) is 0 Å². The number of halogens is 3. The quantitative estimate of drug-likeness (QED) is 0.249. The molecule has 1 aromatic heterocycles. The Morgan fingerprint density at radius 2 is 1.66 bits per heavy atom. The molecule has 0 saturated heterocycles. The van der Waals surface area contributed by atoms with Gasteiger partial charge in [-0.25, -0.2) is 13.2 Å². The molecule has 12 heteroatoms. The number of benzene rings is 3. The monoisotopic (exact) mass is 586 g/mol. The third-order valence-electron chi connectivity index (χ3n) is 6.10. The highest BCUT2D eigenvalue weighted by atomic mass is 32.2. The normalized spacial score (nSPS) is 11.6. The summed E-state index contributed by atoms with van der Waals surface area (Å²) in [5.41, 5.74) is 1.95. The third kappa shape index (κ3) is 7.14. The van der Waals surface area contributed by atoms with E-state index in [2.05, 4.69) is 10.1 Å². The highest BCUT2D eigenvalue weighted by molar-refractivity contribution is 7.91. The van der Waals surface area contributed by atoms with Gasteiger partial charge in [0.15, 0.2) is 9.84 Å². The van der Waals surface area contributed by atoms with Gasteiger partial charge in [0, 0.05) is 29.2 Å². The maximum atomic E-state index is 13.1. The first-order valence-corrected chi connectivity index (χ1v) is 13.9. The van der Waals surface area contributed by atoms with Crippen molar-refractivity contribution in [1.82, 2.24) is 4.57 Å². The molecule has 0 atom stereocenters. The summed E-state index contributed by atoms with van der Waals surface area (Å²) in [5.74, 6) is -1.47. The van der Waals surface area contributed by atoms with Crippen LogP contribution in [0.4, 0.5) is 18.9 Å². The number of nitrogens with one attached hydrogen (secondary N) is 1. The van der Waals surface area contributed by atoms with Gasteiger partial charge in [-0.3, -0.25) is 4.79 Å². The SMILES string of the molecule is CCS(=O)(=O)c1ccc(CC(=O)Nc2ccc(-c3ccccc3OC(F)(F)F)c(-n3ccc(C(=O)OC)c3)c2)cc1. The Bertz CT molecular complexity index is 1680. The van der Waals surface area contributed by atoms with Crippen LogP contribution in [-0.2, 0) is 25.8 Å². The molecule has 0 aliphatic heterocycles. The van der Waals surface area contributed by atoms with Crippen LogP contribution in [0.25, 0.3) is 16.8 Å². The fourth-order valence-corrected chi connectivity index (χ4v) is 4.99.